The summed E-state index contributed by atoms with van der Waals surface area (Å²) in [4.78, 5) is 39.0. The standard InChI is InChI=1S/C25H30N2O6/c1-3-32-12-13-33-17-19-7-4-6-18(14-19)16-26-23(28)20-8-9-21-22(15-20)25(30)27(24(21)29)10-5-11-31-2/h4,6-9,14-15H,3,5,10-13,16-17H2,1-2H3,(H,26,28). The van der Waals surface area contributed by atoms with Crippen LogP contribution < -0.4 is 5.32 Å². The Hall–Kier alpha value is -3.07. The molecule has 0 saturated carbocycles. The number of hydrogen-bond donors (Lipinski definition) is 1. The van der Waals surface area contributed by atoms with Crippen LogP contribution in [0.5, 0.6) is 0 Å². The van der Waals surface area contributed by atoms with Crippen LogP contribution in [-0.4, -0.2) is 62.7 Å². The van der Waals surface area contributed by atoms with Gasteiger partial charge in [-0.05, 0) is 42.7 Å². The normalized spacial score (nSPS) is 12.8. The number of amides is 3. The Labute approximate surface area is 193 Å². The first-order valence-electron chi connectivity index (χ1n) is 11.1. The molecule has 2 aromatic rings. The zero-order valence-corrected chi connectivity index (χ0v) is 19.1. The van der Waals surface area contributed by atoms with E-state index >= 15 is 0 Å². The third kappa shape index (κ3) is 6.47. The maximum Gasteiger partial charge on any atom is 0.261 e. The van der Waals surface area contributed by atoms with Crippen molar-refractivity contribution < 1.29 is 28.6 Å². The SMILES string of the molecule is CCOCCOCc1cccc(CNC(=O)c2ccc3c(c2)C(=O)N(CCCOC)C3=O)c1. The summed E-state index contributed by atoms with van der Waals surface area (Å²) in [7, 11) is 1.57. The summed E-state index contributed by atoms with van der Waals surface area (Å²) in [6.45, 7) is 5.24. The monoisotopic (exact) mass is 454 g/mol. The van der Waals surface area contributed by atoms with Crippen LogP contribution in [0.15, 0.2) is 42.5 Å². The minimum Gasteiger partial charge on any atom is -0.385 e. The Balaban J connectivity index is 1.56. The topological polar surface area (TPSA) is 94.2 Å². The number of carbonyl (C=O) groups is 3. The quantitative estimate of drug-likeness (QED) is 0.370. The number of rotatable bonds is 13. The van der Waals surface area contributed by atoms with E-state index in [4.69, 9.17) is 14.2 Å². The van der Waals surface area contributed by atoms with Crippen molar-refractivity contribution >= 4 is 17.7 Å². The van der Waals surface area contributed by atoms with Crippen LogP contribution in [0.25, 0.3) is 0 Å². The van der Waals surface area contributed by atoms with E-state index in [1.165, 1.54) is 11.0 Å². The van der Waals surface area contributed by atoms with E-state index < -0.39 is 0 Å². The van der Waals surface area contributed by atoms with Crippen molar-refractivity contribution in [2.75, 3.05) is 40.1 Å². The number of imide groups is 1. The number of benzene rings is 2. The van der Waals surface area contributed by atoms with Gasteiger partial charge in [-0.15, -0.1) is 0 Å². The zero-order chi connectivity index (χ0) is 23.6. The molecular formula is C25H30N2O6. The van der Waals surface area contributed by atoms with Crippen molar-refractivity contribution in [2.45, 2.75) is 26.5 Å². The molecule has 0 fully saturated rings. The summed E-state index contributed by atoms with van der Waals surface area (Å²) < 4.78 is 15.8. The second kappa shape index (κ2) is 12.2. The lowest BCUT2D eigenvalue weighted by molar-refractivity contribution is 0.0453. The average molecular weight is 455 g/mol. The predicted octanol–water partition coefficient (Wildman–Crippen LogP) is 2.80. The van der Waals surface area contributed by atoms with Gasteiger partial charge in [-0.1, -0.05) is 24.3 Å². The van der Waals surface area contributed by atoms with Gasteiger partial charge in [0.05, 0.1) is 30.9 Å². The molecule has 1 aliphatic rings. The molecule has 1 N–H and O–H groups in total. The third-order valence-electron chi connectivity index (χ3n) is 5.25. The Bertz CT molecular complexity index is 991. The summed E-state index contributed by atoms with van der Waals surface area (Å²) in [5, 5.41) is 2.87. The fraction of sp³-hybridized carbons (Fsp3) is 0.400. The second-order valence-corrected chi connectivity index (χ2v) is 7.62. The van der Waals surface area contributed by atoms with Crippen LogP contribution in [0.1, 0.15) is 55.5 Å². The molecule has 176 valence electrons. The first-order valence-corrected chi connectivity index (χ1v) is 11.1. The first-order chi connectivity index (χ1) is 16.0. The molecule has 0 atom stereocenters. The lowest BCUT2D eigenvalue weighted by atomic mass is 10.1. The van der Waals surface area contributed by atoms with Gasteiger partial charge < -0.3 is 19.5 Å². The second-order valence-electron chi connectivity index (χ2n) is 7.62. The molecule has 8 nitrogen and oxygen atoms in total. The van der Waals surface area contributed by atoms with Gasteiger partial charge in [0.15, 0.2) is 0 Å². The minimum atomic E-state index is -0.377. The highest BCUT2D eigenvalue weighted by atomic mass is 16.5. The molecule has 0 bridgehead atoms. The van der Waals surface area contributed by atoms with Crippen molar-refractivity contribution in [3.63, 3.8) is 0 Å². The van der Waals surface area contributed by atoms with E-state index in [1.54, 1.807) is 19.2 Å². The van der Waals surface area contributed by atoms with E-state index in [0.29, 0.717) is 57.1 Å². The first kappa shape index (κ1) is 24.6. The van der Waals surface area contributed by atoms with Gasteiger partial charge in [0.25, 0.3) is 17.7 Å². The van der Waals surface area contributed by atoms with Gasteiger partial charge in [0, 0.05) is 39.0 Å². The van der Waals surface area contributed by atoms with Gasteiger partial charge >= 0.3 is 0 Å². The van der Waals surface area contributed by atoms with E-state index in [-0.39, 0.29) is 29.8 Å². The Morgan fingerprint density at radius 1 is 0.939 bits per heavy atom. The molecule has 33 heavy (non-hydrogen) atoms. The number of fused-ring (bicyclic) bond motifs is 1. The third-order valence-corrected chi connectivity index (χ3v) is 5.25. The number of hydrogen-bond acceptors (Lipinski definition) is 6. The summed E-state index contributed by atoms with van der Waals surface area (Å²) in [6, 6.07) is 12.4. The average Bonchev–Trinajstić information content (AvgIpc) is 3.07. The largest absolute Gasteiger partial charge is 0.385 e. The van der Waals surface area contributed by atoms with Gasteiger partial charge in [-0.25, -0.2) is 0 Å². The maximum atomic E-state index is 12.7. The fourth-order valence-electron chi connectivity index (χ4n) is 3.57. The number of methoxy groups -OCH3 is 1. The maximum absolute atomic E-state index is 12.7. The van der Waals surface area contributed by atoms with Gasteiger partial charge in [-0.3, -0.25) is 19.3 Å². The van der Waals surface area contributed by atoms with Crippen LogP contribution in [-0.2, 0) is 27.4 Å². The highest BCUT2D eigenvalue weighted by molar-refractivity contribution is 6.22. The van der Waals surface area contributed by atoms with Gasteiger partial charge in [-0.2, -0.15) is 0 Å². The number of ether oxygens (including phenoxy) is 3. The van der Waals surface area contributed by atoms with Crippen LogP contribution in [0.2, 0.25) is 0 Å². The van der Waals surface area contributed by atoms with E-state index in [1.807, 2.05) is 31.2 Å². The summed E-state index contributed by atoms with van der Waals surface area (Å²) >= 11 is 0. The predicted molar refractivity (Wildman–Crippen MR) is 122 cm³/mol. The van der Waals surface area contributed by atoms with Crippen molar-refractivity contribution in [1.29, 1.82) is 0 Å². The fourth-order valence-corrected chi connectivity index (χ4v) is 3.57. The minimum absolute atomic E-state index is 0.260. The zero-order valence-electron chi connectivity index (χ0n) is 19.1. The van der Waals surface area contributed by atoms with Crippen LogP contribution in [0.3, 0.4) is 0 Å². The Morgan fingerprint density at radius 3 is 2.48 bits per heavy atom. The molecular weight excluding hydrogens is 424 g/mol. The molecule has 0 radical (unpaired) electrons. The molecule has 0 spiro atoms. The van der Waals surface area contributed by atoms with E-state index in [2.05, 4.69) is 5.32 Å². The molecule has 2 aromatic carbocycles. The summed E-state index contributed by atoms with van der Waals surface area (Å²) in [6.07, 6.45) is 0.561. The lowest BCUT2D eigenvalue weighted by Gasteiger charge is -2.12. The summed E-state index contributed by atoms with van der Waals surface area (Å²) in [5.41, 5.74) is 2.87. The number of nitrogens with one attached hydrogen (secondary N) is 1. The molecule has 0 saturated heterocycles. The van der Waals surface area contributed by atoms with Crippen LogP contribution >= 0.6 is 0 Å². The van der Waals surface area contributed by atoms with Gasteiger partial charge in [0.2, 0.25) is 0 Å². The highest BCUT2D eigenvalue weighted by Gasteiger charge is 2.35. The van der Waals surface area contributed by atoms with Crippen LogP contribution in [0, 0.1) is 0 Å². The molecule has 8 heteroatoms. The lowest BCUT2D eigenvalue weighted by Crippen LogP contribution is -2.31. The van der Waals surface area contributed by atoms with Crippen LogP contribution in [0.4, 0.5) is 0 Å². The van der Waals surface area contributed by atoms with Crippen molar-refractivity contribution in [3.8, 4) is 0 Å². The molecule has 3 rings (SSSR count). The van der Waals surface area contributed by atoms with Crippen molar-refractivity contribution in [3.05, 3.63) is 70.3 Å². The molecule has 3 amide bonds. The molecule has 0 unspecified atom stereocenters. The molecule has 1 aliphatic heterocycles. The molecule has 1 heterocycles. The van der Waals surface area contributed by atoms with Crippen molar-refractivity contribution in [1.82, 2.24) is 10.2 Å². The van der Waals surface area contributed by atoms with E-state index in [9.17, 15) is 14.4 Å². The van der Waals surface area contributed by atoms with Crippen molar-refractivity contribution in [2.24, 2.45) is 0 Å². The Kier molecular flexibility index (Phi) is 9.12. The highest BCUT2D eigenvalue weighted by Crippen LogP contribution is 2.24. The number of nitrogens with zero attached hydrogens (tertiary/aromatic N) is 1. The summed E-state index contributed by atoms with van der Waals surface area (Å²) in [5.74, 6) is -1.02. The smallest absolute Gasteiger partial charge is 0.261 e. The van der Waals surface area contributed by atoms with E-state index in [0.717, 1.165) is 11.1 Å². The van der Waals surface area contributed by atoms with Gasteiger partial charge in [0.1, 0.15) is 0 Å². The molecule has 0 aliphatic carbocycles. The Morgan fingerprint density at radius 2 is 1.70 bits per heavy atom. The number of carbonyl (C=O) groups excluding carboxylic acids is 3. The molecule has 0 aromatic heterocycles.